The molecule has 1 amide bonds. The number of hydrogen-bond donors (Lipinski definition) is 1. The lowest BCUT2D eigenvalue weighted by molar-refractivity contribution is -0.114. The predicted molar refractivity (Wildman–Crippen MR) is 117 cm³/mol. The van der Waals surface area contributed by atoms with Crippen LogP contribution in [0.1, 0.15) is 57.4 Å². The minimum Gasteiger partial charge on any atom is -0.494 e. The standard InChI is InChI=1S/C24H31FN2O2/c1-2-3-4-5-6-7-8-16-29-23-14-12-22(13-15-23)27-24(28)19-26-18-20-10-9-11-21(25)17-20/h9-15,17-18H,2-8,16,19H2,1H3,(H,27,28). The quantitative estimate of drug-likeness (QED) is 0.332. The largest absolute Gasteiger partial charge is 0.494 e. The average molecular weight is 399 g/mol. The summed E-state index contributed by atoms with van der Waals surface area (Å²) in [4.78, 5) is 16.0. The van der Waals surface area contributed by atoms with Crippen molar-refractivity contribution in [2.45, 2.75) is 51.9 Å². The Morgan fingerprint density at radius 2 is 1.76 bits per heavy atom. The fourth-order valence-corrected chi connectivity index (χ4v) is 2.91. The van der Waals surface area contributed by atoms with Gasteiger partial charge in [-0.3, -0.25) is 9.79 Å². The van der Waals surface area contributed by atoms with E-state index in [0.717, 1.165) is 12.2 Å². The number of anilines is 1. The van der Waals surface area contributed by atoms with E-state index in [9.17, 15) is 9.18 Å². The van der Waals surface area contributed by atoms with Crippen molar-refractivity contribution >= 4 is 17.8 Å². The average Bonchev–Trinajstić information content (AvgIpc) is 2.71. The number of unbranched alkanes of at least 4 members (excludes halogenated alkanes) is 6. The number of aliphatic imine (C=N–C) groups is 1. The smallest absolute Gasteiger partial charge is 0.246 e. The number of halogens is 1. The molecule has 0 spiro atoms. The molecular formula is C24H31FN2O2. The van der Waals surface area contributed by atoms with Gasteiger partial charge in [0.2, 0.25) is 5.91 Å². The number of ether oxygens (including phenoxy) is 1. The summed E-state index contributed by atoms with van der Waals surface area (Å²) in [6, 6.07) is 13.4. The molecule has 0 heterocycles. The van der Waals surface area contributed by atoms with Gasteiger partial charge in [-0.1, -0.05) is 57.6 Å². The Morgan fingerprint density at radius 3 is 2.48 bits per heavy atom. The highest BCUT2D eigenvalue weighted by molar-refractivity contribution is 5.93. The molecule has 4 nitrogen and oxygen atoms in total. The summed E-state index contributed by atoms with van der Waals surface area (Å²) < 4.78 is 18.8. The maximum Gasteiger partial charge on any atom is 0.246 e. The summed E-state index contributed by atoms with van der Waals surface area (Å²) in [5.74, 6) is 0.250. The van der Waals surface area contributed by atoms with Crippen LogP contribution in [0.4, 0.5) is 10.1 Å². The molecule has 1 N–H and O–H groups in total. The summed E-state index contributed by atoms with van der Waals surface area (Å²) >= 11 is 0. The summed E-state index contributed by atoms with van der Waals surface area (Å²) in [5.41, 5.74) is 1.32. The number of hydrogen-bond acceptors (Lipinski definition) is 3. The lowest BCUT2D eigenvalue weighted by atomic mass is 10.1. The number of benzene rings is 2. The topological polar surface area (TPSA) is 50.7 Å². The van der Waals surface area contributed by atoms with Crippen LogP contribution in [0.2, 0.25) is 0 Å². The van der Waals surface area contributed by atoms with Crippen molar-refractivity contribution < 1.29 is 13.9 Å². The first-order valence-corrected chi connectivity index (χ1v) is 10.5. The predicted octanol–water partition coefficient (Wildman–Crippen LogP) is 6.01. The summed E-state index contributed by atoms with van der Waals surface area (Å²) in [7, 11) is 0. The van der Waals surface area contributed by atoms with E-state index >= 15 is 0 Å². The van der Waals surface area contributed by atoms with E-state index in [-0.39, 0.29) is 18.3 Å². The second-order valence-corrected chi connectivity index (χ2v) is 7.07. The minimum absolute atomic E-state index is 0.0208. The minimum atomic E-state index is -0.326. The van der Waals surface area contributed by atoms with E-state index in [1.807, 2.05) is 24.3 Å². The van der Waals surface area contributed by atoms with E-state index in [2.05, 4.69) is 17.2 Å². The first kappa shape index (κ1) is 22.6. The molecular weight excluding hydrogens is 367 g/mol. The summed E-state index contributed by atoms with van der Waals surface area (Å²) in [5, 5.41) is 2.79. The molecule has 2 rings (SSSR count). The SMILES string of the molecule is CCCCCCCCCOc1ccc(NC(=O)CN=Cc2cccc(F)c2)cc1. The molecule has 0 saturated carbocycles. The van der Waals surface area contributed by atoms with Gasteiger partial charge in [-0.15, -0.1) is 0 Å². The fourth-order valence-electron chi connectivity index (χ4n) is 2.91. The van der Waals surface area contributed by atoms with Crippen molar-refractivity contribution in [3.8, 4) is 5.75 Å². The molecule has 0 atom stereocenters. The zero-order valence-corrected chi connectivity index (χ0v) is 17.2. The van der Waals surface area contributed by atoms with Crippen LogP contribution < -0.4 is 10.1 Å². The molecule has 5 heteroatoms. The molecule has 0 aliphatic carbocycles. The third-order valence-corrected chi connectivity index (χ3v) is 4.48. The third kappa shape index (κ3) is 9.88. The van der Waals surface area contributed by atoms with E-state index in [1.165, 1.54) is 56.9 Å². The molecule has 2 aromatic rings. The number of rotatable bonds is 13. The van der Waals surface area contributed by atoms with Crippen molar-refractivity contribution in [3.05, 3.63) is 59.9 Å². The molecule has 0 bridgehead atoms. The number of amides is 1. The van der Waals surface area contributed by atoms with Crippen molar-refractivity contribution in [1.29, 1.82) is 0 Å². The van der Waals surface area contributed by atoms with Crippen LogP contribution in [-0.4, -0.2) is 25.3 Å². The Balaban J connectivity index is 1.63. The van der Waals surface area contributed by atoms with E-state index < -0.39 is 0 Å². The van der Waals surface area contributed by atoms with Crippen LogP contribution in [0, 0.1) is 5.82 Å². The number of carbonyl (C=O) groups is 1. The zero-order chi connectivity index (χ0) is 20.7. The van der Waals surface area contributed by atoms with Crippen molar-refractivity contribution in [1.82, 2.24) is 0 Å². The van der Waals surface area contributed by atoms with Gasteiger partial charge in [0.1, 0.15) is 18.1 Å². The monoisotopic (exact) mass is 398 g/mol. The van der Waals surface area contributed by atoms with Gasteiger partial charge >= 0.3 is 0 Å². The normalized spacial score (nSPS) is 11.0. The highest BCUT2D eigenvalue weighted by atomic mass is 19.1. The third-order valence-electron chi connectivity index (χ3n) is 4.48. The number of nitrogens with zero attached hydrogens (tertiary/aromatic N) is 1. The lowest BCUT2D eigenvalue weighted by Gasteiger charge is -2.08. The van der Waals surface area contributed by atoms with Gasteiger partial charge in [-0.05, 0) is 48.4 Å². The first-order chi connectivity index (χ1) is 14.2. The molecule has 0 radical (unpaired) electrons. The van der Waals surface area contributed by atoms with Gasteiger partial charge in [0, 0.05) is 11.9 Å². The van der Waals surface area contributed by atoms with Crippen LogP contribution in [0.5, 0.6) is 5.75 Å². The molecule has 29 heavy (non-hydrogen) atoms. The highest BCUT2D eigenvalue weighted by Crippen LogP contribution is 2.16. The van der Waals surface area contributed by atoms with Crippen LogP contribution in [-0.2, 0) is 4.79 Å². The van der Waals surface area contributed by atoms with Gasteiger partial charge in [-0.25, -0.2) is 4.39 Å². The second kappa shape index (κ2) is 13.5. The Hall–Kier alpha value is -2.69. The lowest BCUT2D eigenvalue weighted by Crippen LogP contribution is -2.14. The van der Waals surface area contributed by atoms with E-state index in [0.29, 0.717) is 17.9 Å². The molecule has 0 aliphatic rings. The highest BCUT2D eigenvalue weighted by Gasteiger charge is 2.02. The van der Waals surface area contributed by atoms with Crippen LogP contribution in [0.15, 0.2) is 53.5 Å². The zero-order valence-electron chi connectivity index (χ0n) is 17.2. The Labute approximate surface area is 173 Å². The Kier molecular flexibility index (Phi) is 10.5. The Morgan fingerprint density at radius 1 is 1.03 bits per heavy atom. The van der Waals surface area contributed by atoms with Crippen molar-refractivity contribution in [2.75, 3.05) is 18.5 Å². The van der Waals surface area contributed by atoms with Gasteiger partial charge in [0.25, 0.3) is 0 Å². The molecule has 156 valence electrons. The number of carbonyl (C=O) groups excluding carboxylic acids is 1. The molecule has 0 saturated heterocycles. The van der Waals surface area contributed by atoms with Crippen LogP contribution >= 0.6 is 0 Å². The maximum atomic E-state index is 13.1. The second-order valence-electron chi connectivity index (χ2n) is 7.07. The molecule has 0 aromatic heterocycles. The number of nitrogens with one attached hydrogen (secondary N) is 1. The van der Waals surface area contributed by atoms with Gasteiger partial charge in [0.15, 0.2) is 0 Å². The van der Waals surface area contributed by atoms with Crippen LogP contribution in [0.3, 0.4) is 0 Å². The fraction of sp³-hybridized carbons (Fsp3) is 0.417. The van der Waals surface area contributed by atoms with Gasteiger partial charge in [0.05, 0.1) is 6.61 Å². The van der Waals surface area contributed by atoms with E-state index in [1.54, 1.807) is 12.1 Å². The van der Waals surface area contributed by atoms with E-state index in [4.69, 9.17) is 4.74 Å². The molecule has 0 unspecified atom stereocenters. The molecule has 2 aromatic carbocycles. The maximum absolute atomic E-state index is 13.1. The van der Waals surface area contributed by atoms with Crippen molar-refractivity contribution in [3.63, 3.8) is 0 Å². The van der Waals surface area contributed by atoms with Gasteiger partial charge in [-0.2, -0.15) is 0 Å². The van der Waals surface area contributed by atoms with Gasteiger partial charge < -0.3 is 10.1 Å². The summed E-state index contributed by atoms with van der Waals surface area (Å²) in [6.07, 6.45) is 10.3. The molecule has 0 aliphatic heterocycles. The summed E-state index contributed by atoms with van der Waals surface area (Å²) in [6.45, 7) is 2.93. The molecule has 0 fully saturated rings. The first-order valence-electron chi connectivity index (χ1n) is 10.5. The Bertz CT molecular complexity index is 760. The van der Waals surface area contributed by atoms with Crippen molar-refractivity contribution in [2.24, 2.45) is 4.99 Å². The van der Waals surface area contributed by atoms with Crippen LogP contribution in [0.25, 0.3) is 0 Å².